The molecule has 0 saturated carbocycles. The molecule has 0 aliphatic rings. The van der Waals surface area contributed by atoms with Crippen molar-refractivity contribution in [3.63, 3.8) is 0 Å². The van der Waals surface area contributed by atoms with Crippen LogP contribution >= 0.6 is 27.7 Å². The summed E-state index contributed by atoms with van der Waals surface area (Å²) in [7, 11) is -3.81. The molecule has 0 heterocycles. The fourth-order valence-corrected chi connectivity index (χ4v) is 4.45. The van der Waals surface area contributed by atoms with Crippen molar-refractivity contribution in [1.82, 2.24) is 0 Å². The lowest BCUT2D eigenvalue weighted by atomic mass is 10.5. The summed E-state index contributed by atoms with van der Waals surface area (Å²) in [6.07, 6.45) is 15.6. The van der Waals surface area contributed by atoms with Gasteiger partial charge in [-0.05, 0) is 61.9 Å². The van der Waals surface area contributed by atoms with E-state index in [0.717, 1.165) is 24.3 Å². The average molecular weight is 333 g/mol. The van der Waals surface area contributed by atoms with Crippen LogP contribution in [0.4, 0.5) is 0 Å². The molecule has 0 radical (unpaired) electrons. The molecular formula is C13H33O3PS2. The summed E-state index contributed by atoms with van der Waals surface area (Å²) in [6.45, 7) is 2.67. The van der Waals surface area contributed by atoms with Crippen molar-refractivity contribution in [3.8, 4) is 0 Å². The molecule has 0 N–H and O–H groups in total. The summed E-state index contributed by atoms with van der Waals surface area (Å²) in [6, 6.07) is 0. The highest BCUT2D eigenvalue weighted by Crippen LogP contribution is 2.45. The minimum absolute atomic E-state index is 0.487. The normalized spacial score (nSPS) is 15.5. The molecule has 19 heavy (non-hydrogen) atoms. The number of hydrogen-bond donors (Lipinski definition) is 0. The third-order valence-corrected chi connectivity index (χ3v) is 6.78. The predicted molar refractivity (Wildman–Crippen MR) is 95.1 cm³/mol. The molecule has 0 aliphatic heterocycles. The average Bonchev–Trinajstić information content (AvgIpc) is 2.17. The zero-order valence-electron chi connectivity index (χ0n) is 13.7. The zero-order valence-corrected chi connectivity index (χ0v) is 16.3. The van der Waals surface area contributed by atoms with Gasteiger partial charge in [0.2, 0.25) is 0 Å². The molecule has 0 rings (SSSR count). The van der Waals surface area contributed by atoms with Gasteiger partial charge in [-0.1, -0.05) is 0 Å². The lowest BCUT2D eigenvalue weighted by Gasteiger charge is -2.26. The molecular weight excluding hydrogens is 299 g/mol. The van der Waals surface area contributed by atoms with E-state index in [1.807, 2.05) is 0 Å². The topological polar surface area (TPSA) is 35.5 Å². The van der Waals surface area contributed by atoms with Crippen molar-refractivity contribution in [3.05, 3.63) is 0 Å². The number of rotatable bonds is 10. The molecule has 0 bridgehead atoms. The first-order valence-corrected chi connectivity index (χ1v) is 14.6. The monoisotopic (exact) mass is 332 g/mol. The van der Waals surface area contributed by atoms with E-state index >= 15 is 0 Å². The maximum absolute atomic E-state index is 12.0. The smallest absolute Gasteiger partial charge is 0.309 e. The van der Waals surface area contributed by atoms with E-state index in [1.54, 1.807) is 6.66 Å². The van der Waals surface area contributed by atoms with Crippen LogP contribution in [0.5, 0.6) is 0 Å². The lowest BCUT2D eigenvalue weighted by molar-refractivity contribution is 0.210. The molecule has 0 aliphatic carbocycles. The van der Waals surface area contributed by atoms with Gasteiger partial charge >= 0.3 is 7.60 Å². The number of hydrogen-bond acceptors (Lipinski definition) is 3. The first kappa shape index (κ1) is 19.9. The second-order valence-corrected chi connectivity index (χ2v) is 18.0. The summed E-state index contributed by atoms with van der Waals surface area (Å²) < 4.78 is 22.9. The Bertz CT molecular complexity index is 269. The quantitative estimate of drug-likeness (QED) is 0.448. The van der Waals surface area contributed by atoms with Crippen LogP contribution in [0.1, 0.15) is 12.8 Å². The van der Waals surface area contributed by atoms with Crippen LogP contribution in [0.3, 0.4) is 0 Å². The molecule has 0 aromatic carbocycles. The first-order chi connectivity index (χ1) is 8.41. The van der Waals surface area contributed by atoms with Gasteiger partial charge in [-0.25, -0.2) is 20.1 Å². The highest BCUT2D eigenvalue weighted by Gasteiger charge is 2.17. The minimum atomic E-state index is -2.84. The van der Waals surface area contributed by atoms with Gasteiger partial charge < -0.3 is 9.05 Å². The van der Waals surface area contributed by atoms with E-state index in [0.29, 0.717) is 13.2 Å². The molecule has 0 atom stereocenters. The summed E-state index contributed by atoms with van der Waals surface area (Å²) in [5, 5.41) is 0. The van der Waals surface area contributed by atoms with Crippen molar-refractivity contribution in [2.75, 3.05) is 68.9 Å². The molecule has 0 fully saturated rings. The van der Waals surface area contributed by atoms with E-state index in [4.69, 9.17) is 9.05 Å². The SMILES string of the molecule is CP(=O)(OCCCS(C)(C)C)OCCCS(C)(C)C. The molecule has 0 aromatic heterocycles. The molecule has 0 spiro atoms. The van der Waals surface area contributed by atoms with Crippen molar-refractivity contribution < 1.29 is 13.6 Å². The van der Waals surface area contributed by atoms with Gasteiger partial charge in [-0.3, -0.25) is 4.57 Å². The van der Waals surface area contributed by atoms with E-state index in [1.165, 1.54) is 0 Å². The second kappa shape index (κ2) is 8.33. The Labute approximate surface area is 123 Å². The predicted octanol–water partition coefficient (Wildman–Crippen LogP) is 4.01. The van der Waals surface area contributed by atoms with Crippen LogP contribution in [-0.4, -0.2) is 68.9 Å². The van der Waals surface area contributed by atoms with Crippen LogP contribution in [0.25, 0.3) is 0 Å². The van der Waals surface area contributed by atoms with Crippen molar-refractivity contribution in [2.24, 2.45) is 0 Å². The molecule has 0 amide bonds. The summed E-state index contributed by atoms with van der Waals surface area (Å²) in [5.41, 5.74) is 0. The molecule has 120 valence electrons. The third kappa shape index (κ3) is 15.1. The Hall–Kier alpha value is 0.850. The second-order valence-electron chi connectivity index (χ2n) is 6.73. The minimum Gasteiger partial charge on any atom is -0.309 e. The van der Waals surface area contributed by atoms with Crippen LogP contribution in [0.15, 0.2) is 0 Å². The van der Waals surface area contributed by atoms with Gasteiger partial charge in [0.1, 0.15) is 0 Å². The Kier molecular flexibility index (Phi) is 8.70. The van der Waals surface area contributed by atoms with Gasteiger partial charge in [0.15, 0.2) is 0 Å². The van der Waals surface area contributed by atoms with Crippen LogP contribution in [0.2, 0.25) is 0 Å². The van der Waals surface area contributed by atoms with Gasteiger partial charge in [0, 0.05) is 6.66 Å². The van der Waals surface area contributed by atoms with E-state index in [2.05, 4.69) is 37.5 Å². The van der Waals surface area contributed by atoms with Crippen molar-refractivity contribution in [1.29, 1.82) is 0 Å². The maximum atomic E-state index is 12.0. The largest absolute Gasteiger partial charge is 0.327 e. The third-order valence-electron chi connectivity index (χ3n) is 2.45. The standard InChI is InChI=1S/C13H33O3PS2/c1-17(14,15-10-8-12-18(2,3)4)16-11-9-13-19(5,6)7/h8-13H2,1-7H3. The Morgan fingerprint density at radius 1 is 0.789 bits per heavy atom. The van der Waals surface area contributed by atoms with Crippen LogP contribution in [-0.2, 0) is 13.6 Å². The Morgan fingerprint density at radius 2 is 1.11 bits per heavy atom. The van der Waals surface area contributed by atoms with Crippen molar-refractivity contribution >= 4 is 27.7 Å². The van der Waals surface area contributed by atoms with E-state index in [9.17, 15) is 4.57 Å². The van der Waals surface area contributed by atoms with Gasteiger partial charge in [0.05, 0.1) is 13.2 Å². The van der Waals surface area contributed by atoms with Crippen LogP contribution < -0.4 is 0 Å². The van der Waals surface area contributed by atoms with Crippen LogP contribution in [0, 0.1) is 0 Å². The Morgan fingerprint density at radius 3 is 1.37 bits per heavy atom. The van der Waals surface area contributed by atoms with Gasteiger partial charge in [0.25, 0.3) is 0 Å². The summed E-state index contributed by atoms with van der Waals surface area (Å²) >= 11 is 0. The first-order valence-electron chi connectivity index (χ1n) is 6.60. The molecule has 0 unspecified atom stereocenters. The highest BCUT2D eigenvalue weighted by molar-refractivity contribution is 8.32. The fraction of sp³-hybridized carbons (Fsp3) is 1.00. The maximum Gasteiger partial charge on any atom is 0.327 e. The lowest BCUT2D eigenvalue weighted by Crippen LogP contribution is -2.05. The van der Waals surface area contributed by atoms with Gasteiger partial charge in [-0.2, -0.15) is 0 Å². The fourth-order valence-electron chi connectivity index (χ4n) is 1.48. The molecule has 6 heteroatoms. The van der Waals surface area contributed by atoms with Crippen molar-refractivity contribution in [2.45, 2.75) is 12.8 Å². The molecule has 0 aromatic rings. The summed E-state index contributed by atoms with van der Waals surface area (Å²) in [5.74, 6) is 2.31. The highest BCUT2D eigenvalue weighted by atomic mass is 32.3. The molecule has 3 nitrogen and oxygen atoms in total. The Balaban J connectivity index is 3.72. The van der Waals surface area contributed by atoms with Gasteiger partial charge in [-0.15, -0.1) is 0 Å². The summed E-state index contributed by atoms with van der Waals surface area (Å²) in [4.78, 5) is 0. The van der Waals surface area contributed by atoms with E-state index in [-0.39, 0.29) is 0 Å². The molecule has 0 saturated heterocycles. The zero-order chi connectivity index (χ0) is 15.2. The van der Waals surface area contributed by atoms with E-state index < -0.39 is 27.7 Å².